The van der Waals surface area contributed by atoms with E-state index in [1.807, 2.05) is 42.5 Å². The molecule has 7 atom stereocenters. The van der Waals surface area contributed by atoms with Gasteiger partial charge in [0.25, 0.3) is 0 Å². The topological polar surface area (TPSA) is 88.7 Å². The van der Waals surface area contributed by atoms with Gasteiger partial charge in [-0.25, -0.2) is 0 Å². The predicted octanol–water partition coefficient (Wildman–Crippen LogP) is 6.46. The van der Waals surface area contributed by atoms with Crippen LogP contribution in [-0.2, 0) is 16.2 Å². The highest BCUT2D eigenvalue weighted by atomic mass is 79.9. The van der Waals surface area contributed by atoms with Crippen molar-refractivity contribution in [3.8, 4) is 11.5 Å². The molecule has 1 saturated heterocycles. The molecule has 2 aliphatic heterocycles. The number of benzene rings is 3. The van der Waals surface area contributed by atoms with Gasteiger partial charge >= 0.3 is 4.87 Å². The fourth-order valence-corrected chi connectivity index (χ4v) is 11.2. The third-order valence-electron chi connectivity index (χ3n) is 9.60. The molecular weight excluding hydrogens is 648 g/mol. The van der Waals surface area contributed by atoms with Crippen molar-refractivity contribution in [2.24, 2.45) is 29.6 Å². The molecule has 4 aliphatic rings. The van der Waals surface area contributed by atoms with E-state index in [-0.39, 0.29) is 57.4 Å². The highest BCUT2D eigenvalue weighted by Crippen LogP contribution is 2.69. The fourth-order valence-electron chi connectivity index (χ4n) is 7.98. The number of aromatic nitrogens is 1. The number of fused-ring (bicyclic) bond motifs is 9. The second-order valence-electron chi connectivity index (χ2n) is 11.6. The van der Waals surface area contributed by atoms with Gasteiger partial charge in [0, 0.05) is 26.1 Å². The van der Waals surface area contributed by atoms with Crippen LogP contribution in [0, 0.1) is 29.6 Å². The van der Waals surface area contributed by atoms with Gasteiger partial charge in [0.05, 0.1) is 29.7 Å². The van der Waals surface area contributed by atoms with Gasteiger partial charge in [-0.3, -0.25) is 19.3 Å². The first-order valence-corrected chi connectivity index (χ1v) is 16.8. The Morgan fingerprint density at radius 2 is 1.70 bits per heavy atom. The molecule has 5 unspecified atom stereocenters. The van der Waals surface area contributed by atoms with Crippen LogP contribution in [0.15, 0.2) is 87.1 Å². The van der Waals surface area contributed by atoms with Gasteiger partial charge in [-0.05, 0) is 72.2 Å². The van der Waals surface area contributed by atoms with Gasteiger partial charge in [0.15, 0.2) is 0 Å². The molecular formula is C33H27BrN2O5S2. The average molecular weight is 676 g/mol. The van der Waals surface area contributed by atoms with Crippen LogP contribution in [0.1, 0.15) is 28.3 Å². The maximum absolute atomic E-state index is 14.1. The molecule has 0 radical (unpaired) electrons. The fraction of sp³-hybridized carbons (Fsp3) is 0.303. The molecule has 0 spiro atoms. The largest absolute Gasteiger partial charge is 0.497 e. The number of thiazole rings is 1. The first-order chi connectivity index (χ1) is 20.9. The minimum Gasteiger partial charge on any atom is -0.497 e. The number of nitrogens with one attached hydrogen (secondary N) is 1. The quantitative estimate of drug-likeness (QED) is 0.236. The zero-order valence-electron chi connectivity index (χ0n) is 23.1. The number of anilines is 1. The van der Waals surface area contributed by atoms with Crippen molar-refractivity contribution in [1.29, 1.82) is 0 Å². The molecule has 1 aromatic heterocycles. The predicted molar refractivity (Wildman–Crippen MR) is 169 cm³/mol. The van der Waals surface area contributed by atoms with E-state index in [0.29, 0.717) is 18.0 Å². The Kier molecular flexibility index (Phi) is 6.58. The maximum Gasteiger partial charge on any atom is 0.305 e. The number of carbonyl (C=O) groups is 2. The van der Waals surface area contributed by atoms with E-state index < -0.39 is 0 Å². The summed E-state index contributed by atoms with van der Waals surface area (Å²) in [4.78, 5) is 46.1. The van der Waals surface area contributed by atoms with E-state index in [1.54, 1.807) is 43.1 Å². The van der Waals surface area contributed by atoms with E-state index in [2.05, 4.69) is 27.0 Å². The summed E-state index contributed by atoms with van der Waals surface area (Å²) < 4.78 is 12.7. The Bertz CT molecular complexity index is 1810. The Morgan fingerprint density at radius 1 is 0.953 bits per heavy atom. The molecule has 2 aliphatic carbocycles. The van der Waals surface area contributed by atoms with Crippen LogP contribution in [0.4, 0.5) is 5.69 Å². The highest BCUT2D eigenvalue weighted by molar-refractivity contribution is 9.10. The molecule has 7 nitrogen and oxygen atoms in total. The minimum atomic E-state index is -0.373. The molecule has 10 heteroatoms. The van der Waals surface area contributed by atoms with Crippen molar-refractivity contribution in [1.82, 2.24) is 4.98 Å². The molecule has 2 saturated carbocycles. The number of hydrogen-bond acceptors (Lipinski definition) is 7. The molecule has 1 N–H and O–H groups in total. The molecule has 2 bridgehead atoms. The van der Waals surface area contributed by atoms with Crippen molar-refractivity contribution in [2.45, 2.75) is 29.2 Å². The Hall–Kier alpha value is -3.34. The van der Waals surface area contributed by atoms with Crippen molar-refractivity contribution in [2.75, 3.05) is 12.0 Å². The Labute approximate surface area is 264 Å². The second kappa shape index (κ2) is 10.4. The monoisotopic (exact) mass is 674 g/mol. The molecule has 218 valence electrons. The van der Waals surface area contributed by atoms with Gasteiger partial charge in [0.2, 0.25) is 11.8 Å². The molecule has 8 rings (SSSR count). The van der Waals surface area contributed by atoms with E-state index in [4.69, 9.17) is 9.47 Å². The lowest BCUT2D eigenvalue weighted by molar-refractivity contribution is -0.123. The smallest absolute Gasteiger partial charge is 0.305 e. The summed E-state index contributed by atoms with van der Waals surface area (Å²) in [5.41, 5.74) is 2.66. The summed E-state index contributed by atoms with van der Waals surface area (Å²) in [7, 11) is 1.59. The zero-order chi connectivity index (χ0) is 29.4. The first-order valence-electron chi connectivity index (χ1n) is 14.3. The number of imide groups is 1. The number of rotatable bonds is 6. The van der Waals surface area contributed by atoms with Gasteiger partial charge in [0.1, 0.15) is 18.1 Å². The van der Waals surface area contributed by atoms with Gasteiger partial charge < -0.3 is 14.5 Å². The van der Waals surface area contributed by atoms with Crippen LogP contribution in [0.5, 0.6) is 11.5 Å². The lowest BCUT2D eigenvalue weighted by Crippen LogP contribution is -2.42. The lowest BCUT2D eigenvalue weighted by Gasteiger charge is -2.43. The maximum atomic E-state index is 14.1. The average Bonchev–Trinajstić information content (AvgIpc) is 3.76. The SMILES string of the molecule is COc1ccc(N2C(=O)C3C(C2=O)[C@@H]2C[C@H]3C3Sc4[nH]c(=O)sc4C(c4cc(Br)ccc4OCc4ccccc4)C32)cc1. The van der Waals surface area contributed by atoms with Crippen LogP contribution >= 0.6 is 39.0 Å². The summed E-state index contributed by atoms with van der Waals surface area (Å²) in [6, 6.07) is 23.2. The number of aromatic amines is 1. The van der Waals surface area contributed by atoms with Gasteiger partial charge in [-0.15, -0.1) is 11.8 Å². The standard InChI is InChI=1S/C33H27BrN2O5S2/c1-40-19-10-8-18(9-11-19)36-31(37)26-21-14-22(27(26)32(36)38)28-25(21)24(29-30(42-28)35-33(39)43-29)20-13-17(34)7-12-23(20)41-15-16-5-3-2-4-6-16/h2-13,21-22,24-28H,14-15H2,1H3,(H,35,39)/t21-,22-,24?,25?,26?,27?,28?/m1/s1. The van der Waals surface area contributed by atoms with Gasteiger partial charge in [-0.1, -0.05) is 57.6 Å². The minimum absolute atomic E-state index is 0.0171. The van der Waals surface area contributed by atoms with E-state index in [1.165, 1.54) is 16.2 Å². The number of methoxy groups -OCH3 is 1. The highest BCUT2D eigenvalue weighted by Gasteiger charge is 2.69. The lowest BCUT2D eigenvalue weighted by atomic mass is 9.68. The van der Waals surface area contributed by atoms with Crippen LogP contribution in [0.2, 0.25) is 0 Å². The molecule has 2 amide bonds. The Morgan fingerprint density at radius 3 is 2.44 bits per heavy atom. The van der Waals surface area contributed by atoms with E-state index in [0.717, 1.165) is 37.7 Å². The van der Waals surface area contributed by atoms with Crippen LogP contribution in [-0.4, -0.2) is 29.2 Å². The first kappa shape index (κ1) is 27.2. The molecule has 43 heavy (non-hydrogen) atoms. The van der Waals surface area contributed by atoms with E-state index in [9.17, 15) is 14.4 Å². The Balaban J connectivity index is 1.19. The number of nitrogens with zero attached hydrogens (tertiary/aromatic N) is 1. The molecule has 3 heterocycles. The summed E-state index contributed by atoms with van der Waals surface area (Å²) in [5.74, 6) is 0.501. The van der Waals surface area contributed by atoms with Gasteiger partial charge in [-0.2, -0.15) is 0 Å². The summed E-state index contributed by atoms with van der Waals surface area (Å²) in [6.45, 7) is 0.418. The van der Waals surface area contributed by atoms with Crippen molar-refractivity contribution in [3.63, 3.8) is 0 Å². The number of ether oxygens (including phenoxy) is 2. The molecule has 3 aromatic carbocycles. The number of H-pyrrole nitrogens is 1. The molecule has 4 aromatic rings. The van der Waals surface area contributed by atoms with Crippen LogP contribution in [0.25, 0.3) is 0 Å². The number of carbonyl (C=O) groups excluding carboxylic acids is 2. The summed E-state index contributed by atoms with van der Waals surface area (Å²) >= 11 is 6.62. The summed E-state index contributed by atoms with van der Waals surface area (Å²) in [6.07, 6.45) is 0.829. The van der Waals surface area contributed by atoms with E-state index >= 15 is 0 Å². The van der Waals surface area contributed by atoms with Crippen LogP contribution in [0.3, 0.4) is 0 Å². The van der Waals surface area contributed by atoms with Crippen LogP contribution < -0.4 is 19.2 Å². The number of thioether (sulfide) groups is 1. The number of hydrogen-bond donors (Lipinski definition) is 1. The normalized spacial score (nSPS) is 28.5. The number of halogens is 1. The third kappa shape index (κ3) is 4.24. The number of amides is 2. The van der Waals surface area contributed by atoms with Crippen molar-refractivity contribution < 1.29 is 19.1 Å². The second-order valence-corrected chi connectivity index (χ2v) is 14.7. The summed E-state index contributed by atoms with van der Waals surface area (Å²) in [5, 5.41) is 0.977. The van der Waals surface area contributed by atoms with Crippen molar-refractivity contribution >= 4 is 56.5 Å². The zero-order valence-corrected chi connectivity index (χ0v) is 26.3. The molecule has 3 fully saturated rings. The third-order valence-corrected chi connectivity index (χ3v) is 12.7. The van der Waals surface area contributed by atoms with Crippen molar-refractivity contribution in [3.05, 3.63) is 103 Å².